The number of hydrogen-bond donors (Lipinski definition) is 2. The van der Waals surface area contributed by atoms with Crippen molar-refractivity contribution in [2.75, 3.05) is 11.4 Å². The Hall–Kier alpha value is -3.21. The number of alkyl halides is 2. The first-order chi connectivity index (χ1) is 19.0. The Kier molecular flexibility index (Phi) is 7.78. The molecule has 2 aliphatic rings. The first kappa shape index (κ1) is 28.3. The Labute approximate surface area is 236 Å². The molecule has 6 nitrogen and oxygen atoms in total. The summed E-state index contributed by atoms with van der Waals surface area (Å²) in [4.78, 5) is 31.2. The van der Waals surface area contributed by atoms with Gasteiger partial charge in [-0.05, 0) is 55.9 Å². The van der Waals surface area contributed by atoms with Crippen LogP contribution in [-0.4, -0.2) is 34.5 Å². The standard InChI is InChI=1S/C28H23Cl2F4N3O3/c29-15-10-18(24(25(33)34)35-12-15)26(38)36-17-7-4-14(5-8-17)13-37-22-11-16(31)6-9-19(22)28(40,27(37)39)20-2-1-3-21(30)23(20)32/h1-3,6,9-12,14,17,25,40H,4-5,7-8,13H2,(H,36,38)/t14-,17-,28?. The third-order valence-corrected chi connectivity index (χ3v) is 7.99. The van der Waals surface area contributed by atoms with E-state index in [0.29, 0.717) is 25.7 Å². The summed E-state index contributed by atoms with van der Waals surface area (Å²) in [7, 11) is 0. The van der Waals surface area contributed by atoms with Gasteiger partial charge in [0.1, 0.15) is 17.3 Å². The van der Waals surface area contributed by atoms with Crippen LogP contribution in [0, 0.1) is 17.6 Å². The first-order valence-corrected chi connectivity index (χ1v) is 13.3. The molecule has 2 amide bonds. The quantitative estimate of drug-likeness (QED) is 0.334. The van der Waals surface area contributed by atoms with Crippen molar-refractivity contribution in [2.24, 2.45) is 5.92 Å². The molecule has 1 atom stereocenters. The smallest absolute Gasteiger partial charge is 0.281 e. The second kappa shape index (κ2) is 11.0. The first-order valence-electron chi connectivity index (χ1n) is 12.5. The fourth-order valence-corrected chi connectivity index (χ4v) is 5.83. The molecular weight excluding hydrogens is 573 g/mol. The second-order valence-corrected chi connectivity index (χ2v) is 10.8. The number of amides is 2. The summed E-state index contributed by atoms with van der Waals surface area (Å²) in [6.07, 6.45) is 0.159. The molecule has 1 fully saturated rings. The highest BCUT2D eigenvalue weighted by molar-refractivity contribution is 6.31. The van der Waals surface area contributed by atoms with Crippen LogP contribution >= 0.6 is 23.2 Å². The summed E-state index contributed by atoms with van der Waals surface area (Å²) in [6.45, 7) is 0.119. The molecule has 1 aliphatic carbocycles. The summed E-state index contributed by atoms with van der Waals surface area (Å²) >= 11 is 11.8. The van der Waals surface area contributed by atoms with Crippen molar-refractivity contribution in [1.82, 2.24) is 10.3 Å². The largest absolute Gasteiger partial charge is 0.372 e. The molecule has 1 aliphatic heterocycles. The highest BCUT2D eigenvalue weighted by Gasteiger charge is 2.53. The van der Waals surface area contributed by atoms with E-state index < -0.39 is 41.2 Å². The predicted molar refractivity (Wildman–Crippen MR) is 141 cm³/mol. The van der Waals surface area contributed by atoms with E-state index >= 15 is 0 Å². The fraction of sp³-hybridized carbons (Fsp3) is 0.321. The minimum Gasteiger partial charge on any atom is -0.372 e. The lowest BCUT2D eigenvalue weighted by Crippen LogP contribution is -2.45. The van der Waals surface area contributed by atoms with Gasteiger partial charge in [0.05, 0.1) is 21.3 Å². The zero-order valence-electron chi connectivity index (χ0n) is 20.8. The van der Waals surface area contributed by atoms with Crippen LogP contribution in [0.25, 0.3) is 0 Å². The SMILES string of the molecule is O=C(N[C@H]1CC[C@H](CN2C(=O)C(O)(c3cccc(Cl)c3F)c3ccc(F)cc32)CC1)c1cc(Cl)cnc1C(F)F. The molecule has 1 unspecified atom stereocenters. The molecule has 0 saturated heterocycles. The van der Waals surface area contributed by atoms with Gasteiger partial charge in [-0.1, -0.05) is 41.4 Å². The molecule has 0 bridgehead atoms. The lowest BCUT2D eigenvalue weighted by molar-refractivity contribution is -0.132. The summed E-state index contributed by atoms with van der Waals surface area (Å²) in [5.41, 5.74) is -3.49. The zero-order chi connectivity index (χ0) is 28.8. The number of carbonyl (C=O) groups excluding carboxylic acids is 2. The Morgan fingerprint density at radius 2 is 1.82 bits per heavy atom. The third kappa shape index (κ3) is 5.04. The van der Waals surface area contributed by atoms with Crippen molar-refractivity contribution in [3.05, 3.63) is 92.7 Å². The van der Waals surface area contributed by atoms with Crippen LogP contribution in [0.5, 0.6) is 0 Å². The molecule has 2 heterocycles. The number of benzene rings is 2. The van der Waals surface area contributed by atoms with Crippen LogP contribution in [0.1, 0.15) is 59.3 Å². The Balaban J connectivity index is 1.31. The molecule has 1 saturated carbocycles. The van der Waals surface area contributed by atoms with Crippen LogP contribution < -0.4 is 10.2 Å². The van der Waals surface area contributed by atoms with Crippen molar-refractivity contribution in [3.63, 3.8) is 0 Å². The highest BCUT2D eigenvalue weighted by atomic mass is 35.5. The van der Waals surface area contributed by atoms with Crippen LogP contribution in [0.3, 0.4) is 0 Å². The molecule has 0 radical (unpaired) electrons. The van der Waals surface area contributed by atoms with Crippen LogP contribution in [-0.2, 0) is 10.4 Å². The Morgan fingerprint density at radius 3 is 2.52 bits per heavy atom. The summed E-state index contributed by atoms with van der Waals surface area (Å²) in [5, 5.41) is 14.1. The van der Waals surface area contributed by atoms with Gasteiger partial charge in [-0.25, -0.2) is 17.6 Å². The molecule has 2 aromatic carbocycles. The van der Waals surface area contributed by atoms with E-state index in [9.17, 15) is 32.3 Å². The molecule has 3 aromatic rings. The fourth-order valence-electron chi connectivity index (χ4n) is 5.50. The van der Waals surface area contributed by atoms with Crippen molar-refractivity contribution < 1.29 is 32.3 Å². The van der Waals surface area contributed by atoms with Gasteiger partial charge in [0, 0.05) is 29.9 Å². The number of nitrogens with zero attached hydrogens (tertiary/aromatic N) is 2. The van der Waals surface area contributed by atoms with Gasteiger partial charge in [-0.15, -0.1) is 0 Å². The number of halogens is 6. The summed E-state index contributed by atoms with van der Waals surface area (Å²) < 4.78 is 55.9. The van der Waals surface area contributed by atoms with Gasteiger partial charge >= 0.3 is 0 Å². The maximum absolute atomic E-state index is 15.0. The maximum Gasteiger partial charge on any atom is 0.281 e. The summed E-state index contributed by atoms with van der Waals surface area (Å²) in [5.74, 6) is -3.20. The number of fused-ring (bicyclic) bond motifs is 1. The van der Waals surface area contributed by atoms with Crippen LogP contribution in [0.15, 0.2) is 48.7 Å². The van der Waals surface area contributed by atoms with Crippen molar-refractivity contribution in [3.8, 4) is 0 Å². The molecule has 1 aromatic heterocycles. The predicted octanol–water partition coefficient (Wildman–Crippen LogP) is 6.18. The number of aromatic nitrogens is 1. The minimum atomic E-state index is -2.95. The van der Waals surface area contributed by atoms with Gasteiger partial charge in [0.25, 0.3) is 18.2 Å². The third-order valence-electron chi connectivity index (χ3n) is 7.50. The average Bonchev–Trinajstić information content (AvgIpc) is 3.12. The number of anilines is 1. The number of nitrogens with one attached hydrogen (secondary N) is 1. The number of carbonyl (C=O) groups is 2. The van der Waals surface area contributed by atoms with Crippen LogP contribution in [0.2, 0.25) is 10.0 Å². The van der Waals surface area contributed by atoms with Gasteiger partial charge in [0.2, 0.25) is 0 Å². The highest BCUT2D eigenvalue weighted by Crippen LogP contribution is 2.47. The molecule has 210 valence electrons. The van der Waals surface area contributed by atoms with Gasteiger partial charge in [-0.3, -0.25) is 14.6 Å². The Morgan fingerprint density at radius 1 is 1.10 bits per heavy atom. The second-order valence-electron chi connectivity index (χ2n) is 9.97. The zero-order valence-corrected chi connectivity index (χ0v) is 22.3. The van der Waals surface area contributed by atoms with E-state index in [1.165, 1.54) is 29.2 Å². The molecule has 40 heavy (non-hydrogen) atoms. The Bertz CT molecular complexity index is 1480. The molecule has 2 N–H and O–H groups in total. The van der Waals surface area contributed by atoms with E-state index in [4.69, 9.17) is 23.2 Å². The normalized spacial score (nSPS) is 22.5. The van der Waals surface area contributed by atoms with Crippen molar-refractivity contribution in [2.45, 2.75) is 43.8 Å². The van der Waals surface area contributed by atoms with Crippen LogP contribution in [0.4, 0.5) is 23.2 Å². The summed E-state index contributed by atoms with van der Waals surface area (Å²) in [6, 6.07) is 8.27. The van der Waals surface area contributed by atoms with Gasteiger partial charge in [0.15, 0.2) is 5.60 Å². The molecule has 0 spiro atoms. The van der Waals surface area contributed by atoms with Gasteiger partial charge < -0.3 is 15.3 Å². The topological polar surface area (TPSA) is 82.5 Å². The van der Waals surface area contributed by atoms with E-state index in [2.05, 4.69) is 10.3 Å². The molecule has 12 heteroatoms. The van der Waals surface area contributed by atoms with E-state index in [-0.39, 0.29) is 50.9 Å². The van der Waals surface area contributed by atoms with Crippen molar-refractivity contribution in [1.29, 1.82) is 0 Å². The van der Waals surface area contributed by atoms with E-state index in [0.717, 1.165) is 24.4 Å². The molecule has 5 rings (SSSR count). The monoisotopic (exact) mass is 595 g/mol. The maximum atomic E-state index is 15.0. The molecular formula is C28H23Cl2F4N3O3. The lowest BCUT2D eigenvalue weighted by atomic mass is 9.85. The van der Waals surface area contributed by atoms with E-state index in [1.54, 1.807) is 0 Å². The van der Waals surface area contributed by atoms with E-state index in [1.807, 2.05) is 0 Å². The number of aliphatic hydroxyl groups is 1. The average molecular weight is 596 g/mol. The number of rotatable bonds is 6. The lowest BCUT2D eigenvalue weighted by Gasteiger charge is -2.32. The number of pyridine rings is 1. The minimum absolute atomic E-state index is 0.0472. The van der Waals surface area contributed by atoms with Gasteiger partial charge in [-0.2, -0.15) is 0 Å². The number of hydrogen-bond acceptors (Lipinski definition) is 4. The van der Waals surface area contributed by atoms with Crippen molar-refractivity contribution >= 4 is 40.7 Å².